The quantitative estimate of drug-likeness (QED) is 0.480. The lowest BCUT2D eigenvalue weighted by atomic mass is 10.0. The molecule has 2 amide bonds. The third-order valence-corrected chi connectivity index (χ3v) is 6.45. The number of piperidine rings is 1. The Labute approximate surface area is 189 Å². The van der Waals surface area contributed by atoms with E-state index in [1.54, 1.807) is 11.8 Å². The van der Waals surface area contributed by atoms with Crippen molar-refractivity contribution in [1.82, 2.24) is 10.2 Å². The molecule has 1 saturated heterocycles. The van der Waals surface area contributed by atoms with Crippen molar-refractivity contribution in [2.75, 3.05) is 24.7 Å². The zero-order chi connectivity index (χ0) is 21.5. The summed E-state index contributed by atoms with van der Waals surface area (Å²) in [5.41, 5.74) is 4.67. The highest BCUT2D eigenvalue weighted by atomic mass is 32.2. The Hall–Kier alpha value is -2.76. The van der Waals surface area contributed by atoms with Crippen LogP contribution in [0.5, 0.6) is 0 Å². The summed E-state index contributed by atoms with van der Waals surface area (Å²) in [7, 11) is 0. The molecule has 0 unspecified atom stereocenters. The standard InChI is InChI=1S/C26H29N3OS/c1-31-25-12-10-21(11-13-25)22-7-5-6-20(18-22)19-29-16-14-24(15-17-29)28-26(30)27-23-8-3-2-4-9-23/h2-13,18,24H,14-17,19H2,1H3,(H2,27,28,30). The minimum Gasteiger partial charge on any atom is -0.335 e. The topological polar surface area (TPSA) is 44.4 Å². The zero-order valence-electron chi connectivity index (χ0n) is 17.9. The number of anilines is 1. The smallest absolute Gasteiger partial charge is 0.319 e. The fourth-order valence-corrected chi connectivity index (χ4v) is 4.41. The molecule has 2 N–H and O–H groups in total. The van der Waals surface area contributed by atoms with Crippen LogP contribution in [-0.4, -0.2) is 36.3 Å². The number of amides is 2. The van der Waals surface area contributed by atoms with Crippen molar-refractivity contribution in [2.45, 2.75) is 30.3 Å². The van der Waals surface area contributed by atoms with Crippen molar-refractivity contribution in [1.29, 1.82) is 0 Å². The summed E-state index contributed by atoms with van der Waals surface area (Å²) < 4.78 is 0. The third kappa shape index (κ3) is 6.12. The summed E-state index contributed by atoms with van der Waals surface area (Å²) in [5.74, 6) is 0. The van der Waals surface area contributed by atoms with E-state index >= 15 is 0 Å². The molecule has 0 bridgehead atoms. The number of carbonyl (C=O) groups is 1. The molecule has 3 aromatic rings. The number of likely N-dealkylation sites (tertiary alicyclic amines) is 1. The van der Waals surface area contributed by atoms with E-state index in [1.165, 1.54) is 21.6 Å². The lowest BCUT2D eigenvalue weighted by Crippen LogP contribution is -2.45. The minimum atomic E-state index is -0.121. The minimum absolute atomic E-state index is 0.121. The van der Waals surface area contributed by atoms with Gasteiger partial charge in [-0.3, -0.25) is 4.90 Å². The highest BCUT2D eigenvalue weighted by molar-refractivity contribution is 7.98. The molecule has 1 aliphatic heterocycles. The van der Waals surface area contributed by atoms with Crippen LogP contribution in [0, 0.1) is 0 Å². The maximum absolute atomic E-state index is 12.2. The lowest BCUT2D eigenvalue weighted by molar-refractivity contribution is 0.190. The van der Waals surface area contributed by atoms with Crippen molar-refractivity contribution in [2.24, 2.45) is 0 Å². The van der Waals surface area contributed by atoms with Gasteiger partial charge in [0, 0.05) is 36.3 Å². The normalized spacial score (nSPS) is 14.9. The van der Waals surface area contributed by atoms with Crippen LogP contribution in [0.25, 0.3) is 11.1 Å². The Kier molecular flexibility index (Phi) is 7.28. The van der Waals surface area contributed by atoms with Gasteiger partial charge in [-0.2, -0.15) is 0 Å². The van der Waals surface area contributed by atoms with Crippen LogP contribution in [0.3, 0.4) is 0 Å². The van der Waals surface area contributed by atoms with E-state index in [2.05, 4.69) is 70.3 Å². The van der Waals surface area contributed by atoms with Crippen molar-refractivity contribution in [3.8, 4) is 11.1 Å². The lowest BCUT2D eigenvalue weighted by Gasteiger charge is -2.32. The second kappa shape index (κ2) is 10.5. The van der Waals surface area contributed by atoms with E-state index in [-0.39, 0.29) is 12.1 Å². The second-order valence-corrected chi connectivity index (χ2v) is 8.82. The summed E-state index contributed by atoms with van der Waals surface area (Å²) in [4.78, 5) is 16.0. The number of urea groups is 1. The number of hydrogen-bond donors (Lipinski definition) is 2. The molecule has 0 radical (unpaired) electrons. The zero-order valence-corrected chi connectivity index (χ0v) is 18.7. The molecule has 31 heavy (non-hydrogen) atoms. The largest absolute Gasteiger partial charge is 0.335 e. The predicted molar refractivity (Wildman–Crippen MR) is 131 cm³/mol. The van der Waals surface area contributed by atoms with Crippen molar-refractivity contribution < 1.29 is 4.79 Å². The van der Waals surface area contributed by atoms with Crippen molar-refractivity contribution >= 4 is 23.5 Å². The van der Waals surface area contributed by atoms with Gasteiger partial charge in [-0.25, -0.2) is 4.79 Å². The molecule has 1 aliphatic rings. The van der Waals surface area contributed by atoms with E-state index in [0.717, 1.165) is 38.2 Å². The molecule has 3 aromatic carbocycles. The van der Waals surface area contributed by atoms with Gasteiger partial charge in [-0.05, 0) is 66.1 Å². The monoisotopic (exact) mass is 431 g/mol. The third-order valence-electron chi connectivity index (χ3n) is 5.71. The summed E-state index contributed by atoms with van der Waals surface area (Å²) in [5, 5.41) is 6.02. The van der Waals surface area contributed by atoms with Crippen LogP contribution in [0.1, 0.15) is 18.4 Å². The van der Waals surface area contributed by atoms with Crippen LogP contribution >= 0.6 is 11.8 Å². The van der Waals surface area contributed by atoms with Crippen molar-refractivity contribution in [3.05, 3.63) is 84.4 Å². The van der Waals surface area contributed by atoms with E-state index in [1.807, 2.05) is 30.3 Å². The van der Waals surface area contributed by atoms with E-state index in [0.29, 0.717) is 0 Å². The van der Waals surface area contributed by atoms with E-state index < -0.39 is 0 Å². The molecule has 0 spiro atoms. The van der Waals surface area contributed by atoms with Gasteiger partial charge < -0.3 is 10.6 Å². The molecule has 4 nitrogen and oxygen atoms in total. The van der Waals surface area contributed by atoms with Crippen LogP contribution in [0.4, 0.5) is 10.5 Å². The van der Waals surface area contributed by atoms with Crippen molar-refractivity contribution in [3.63, 3.8) is 0 Å². The van der Waals surface area contributed by atoms with E-state index in [4.69, 9.17) is 0 Å². The van der Waals surface area contributed by atoms with Gasteiger partial charge in [0.1, 0.15) is 0 Å². The number of benzene rings is 3. The average Bonchev–Trinajstić information content (AvgIpc) is 2.81. The maximum atomic E-state index is 12.2. The van der Waals surface area contributed by atoms with Crippen LogP contribution in [-0.2, 0) is 6.54 Å². The molecule has 0 atom stereocenters. The first kappa shape index (κ1) is 21.5. The number of thioether (sulfide) groups is 1. The summed E-state index contributed by atoms with van der Waals surface area (Å²) >= 11 is 1.77. The van der Waals surface area contributed by atoms with Gasteiger partial charge >= 0.3 is 6.03 Å². The van der Waals surface area contributed by atoms with Gasteiger partial charge in [0.2, 0.25) is 0 Å². The highest BCUT2D eigenvalue weighted by Crippen LogP contribution is 2.24. The maximum Gasteiger partial charge on any atom is 0.319 e. The fourth-order valence-electron chi connectivity index (χ4n) is 4.00. The van der Waals surface area contributed by atoms with Gasteiger partial charge in [-0.1, -0.05) is 48.5 Å². The molecule has 1 heterocycles. The Morgan fingerprint density at radius 1 is 0.935 bits per heavy atom. The summed E-state index contributed by atoms with van der Waals surface area (Å²) in [6.45, 7) is 2.92. The fraction of sp³-hybridized carbons (Fsp3) is 0.269. The molecule has 0 aliphatic carbocycles. The molecule has 1 fully saturated rings. The first-order valence-electron chi connectivity index (χ1n) is 10.8. The molecular formula is C26H29N3OS. The molecule has 0 saturated carbocycles. The number of nitrogens with zero attached hydrogens (tertiary/aromatic N) is 1. The molecular weight excluding hydrogens is 402 g/mol. The van der Waals surface area contributed by atoms with Gasteiger partial charge in [0.15, 0.2) is 0 Å². The van der Waals surface area contributed by atoms with Crippen LogP contribution < -0.4 is 10.6 Å². The van der Waals surface area contributed by atoms with Gasteiger partial charge in [0.25, 0.3) is 0 Å². The summed E-state index contributed by atoms with van der Waals surface area (Å²) in [6.07, 6.45) is 4.04. The first-order chi connectivity index (χ1) is 15.2. The average molecular weight is 432 g/mol. The number of rotatable bonds is 6. The van der Waals surface area contributed by atoms with E-state index in [9.17, 15) is 4.79 Å². The Morgan fingerprint density at radius 3 is 2.39 bits per heavy atom. The summed E-state index contributed by atoms with van der Waals surface area (Å²) in [6, 6.07) is 27.3. The first-order valence-corrected chi connectivity index (χ1v) is 12.0. The number of nitrogens with one attached hydrogen (secondary N) is 2. The Bertz CT molecular complexity index is 983. The van der Waals surface area contributed by atoms with Gasteiger partial charge in [-0.15, -0.1) is 11.8 Å². The molecule has 160 valence electrons. The second-order valence-electron chi connectivity index (χ2n) is 7.94. The highest BCUT2D eigenvalue weighted by Gasteiger charge is 2.20. The molecule has 4 rings (SSSR count). The van der Waals surface area contributed by atoms with Crippen LogP contribution in [0.15, 0.2) is 83.8 Å². The molecule has 0 aromatic heterocycles. The SMILES string of the molecule is CSc1ccc(-c2cccc(CN3CCC(NC(=O)Nc4ccccc4)CC3)c2)cc1. The molecule has 5 heteroatoms. The Balaban J connectivity index is 1.27. The van der Waals surface area contributed by atoms with Gasteiger partial charge in [0.05, 0.1) is 0 Å². The Morgan fingerprint density at radius 2 is 1.68 bits per heavy atom. The number of para-hydroxylation sites is 1. The number of hydrogen-bond acceptors (Lipinski definition) is 3. The van der Waals surface area contributed by atoms with Crippen LogP contribution in [0.2, 0.25) is 0 Å². The number of carbonyl (C=O) groups excluding carboxylic acids is 1. The predicted octanol–water partition coefficient (Wildman–Crippen LogP) is 5.86.